The van der Waals surface area contributed by atoms with E-state index in [0.717, 1.165) is 38.3 Å². The van der Waals surface area contributed by atoms with Crippen molar-refractivity contribution >= 4 is 5.69 Å². The molecule has 1 aliphatic heterocycles. The smallest absolute Gasteiger partial charge is 0.119 e. The summed E-state index contributed by atoms with van der Waals surface area (Å²) in [6.07, 6.45) is 2.26. The van der Waals surface area contributed by atoms with Crippen molar-refractivity contribution < 1.29 is 4.74 Å². The summed E-state index contributed by atoms with van der Waals surface area (Å²) in [5.41, 5.74) is 7.01. The summed E-state index contributed by atoms with van der Waals surface area (Å²) in [5.74, 6) is 0.911. The molecule has 1 atom stereocenters. The van der Waals surface area contributed by atoms with E-state index in [0.29, 0.717) is 6.04 Å². The molecule has 1 aromatic carbocycles. The van der Waals surface area contributed by atoms with Crippen LogP contribution in [0.3, 0.4) is 0 Å². The third-order valence-corrected chi connectivity index (χ3v) is 3.93. The SMILES string of the molecule is COc1ccc(N2CCCN(C)C(CCN)C2)cc1. The largest absolute Gasteiger partial charge is 0.497 e. The summed E-state index contributed by atoms with van der Waals surface area (Å²) in [4.78, 5) is 4.90. The second-order valence-corrected chi connectivity index (χ2v) is 5.21. The van der Waals surface area contributed by atoms with Crippen molar-refractivity contribution in [2.45, 2.75) is 18.9 Å². The fraction of sp³-hybridized carbons (Fsp3) is 0.600. The number of benzene rings is 1. The summed E-state index contributed by atoms with van der Waals surface area (Å²) in [6.45, 7) is 4.07. The standard InChI is InChI=1S/C15H25N3O/c1-17-10-3-11-18(12-14(17)8-9-16)13-4-6-15(19-2)7-5-13/h4-7,14H,3,8-12,16H2,1-2H3. The van der Waals surface area contributed by atoms with Gasteiger partial charge >= 0.3 is 0 Å². The van der Waals surface area contributed by atoms with Gasteiger partial charge in [0.05, 0.1) is 7.11 Å². The number of likely N-dealkylation sites (N-methyl/N-ethyl adjacent to an activating group) is 1. The van der Waals surface area contributed by atoms with Crippen molar-refractivity contribution in [1.82, 2.24) is 4.90 Å². The molecule has 0 spiro atoms. The molecule has 1 aliphatic rings. The van der Waals surface area contributed by atoms with Gasteiger partial charge in [0.15, 0.2) is 0 Å². The van der Waals surface area contributed by atoms with Gasteiger partial charge in [0.1, 0.15) is 5.75 Å². The van der Waals surface area contributed by atoms with E-state index in [2.05, 4.69) is 29.0 Å². The molecule has 2 N–H and O–H groups in total. The number of hydrogen-bond acceptors (Lipinski definition) is 4. The molecule has 4 heteroatoms. The van der Waals surface area contributed by atoms with Crippen LogP contribution in [0, 0.1) is 0 Å². The molecule has 1 fully saturated rings. The van der Waals surface area contributed by atoms with Crippen LogP contribution in [0.15, 0.2) is 24.3 Å². The first-order chi connectivity index (χ1) is 9.24. The minimum atomic E-state index is 0.551. The Morgan fingerprint density at radius 3 is 2.63 bits per heavy atom. The van der Waals surface area contributed by atoms with Crippen LogP contribution in [0.1, 0.15) is 12.8 Å². The van der Waals surface area contributed by atoms with Crippen LogP contribution >= 0.6 is 0 Å². The molecule has 4 nitrogen and oxygen atoms in total. The molecule has 1 saturated heterocycles. The van der Waals surface area contributed by atoms with Crippen LogP contribution in [-0.4, -0.2) is 51.3 Å². The quantitative estimate of drug-likeness (QED) is 0.895. The Morgan fingerprint density at radius 1 is 1.26 bits per heavy atom. The molecule has 1 heterocycles. The summed E-state index contributed by atoms with van der Waals surface area (Å²) in [7, 11) is 3.91. The zero-order chi connectivity index (χ0) is 13.7. The molecular formula is C15H25N3O. The maximum absolute atomic E-state index is 5.73. The van der Waals surface area contributed by atoms with Gasteiger partial charge in [-0.3, -0.25) is 0 Å². The van der Waals surface area contributed by atoms with E-state index < -0.39 is 0 Å². The number of hydrogen-bond donors (Lipinski definition) is 1. The Morgan fingerprint density at radius 2 is 2.00 bits per heavy atom. The molecule has 0 bridgehead atoms. The van der Waals surface area contributed by atoms with Crippen LogP contribution < -0.4 is 15.4 Å². The van der Waals surface area contributed by atoms with Crippen LogP contribution in [0.25, 0.3) is 0 Å². The topological polar surface area (TPSA) is 41.7 Å². The molecule has 19 heavy (non-hydrogen) atoms. The van der Waals surface area contributed by atoms with Gasteiger partial charge in [-0.15, -0.1) is 0 Å². The second kappa shape index (κ2) is 6.78. The minimum absolute atomic E-state index is 0.551. The maximum Gasteiger partial charge on any atom is 0.119 e. The average molecular weight is 263 g/mol. The Hall–Kier alpha value is -1.26. The van der Waals surface area contributed by atoms with Crippen molar-refractivity contribution in [3.8, 4) is 5.75 Å². The molecule has 1 unspecified atom stereocenters. The molecular weight excluding hydrogens is 238 g/mol. The third-order valence-electron chi connectivity index (χ3n) is 3.93. The van der Waals surface area contributed by atoms with Gasteiger partial charge in [-0.05, 0) is 57.2 Å². The van der Waals surface area contributed by atoms with Crippen LogP contribution in [-0.2, 0) is 0 Å². The lowest BCUT2D eigenvalue weighted by molar-refractivity contribution is 0.251. The number of nitrogens with zero attached hydrogens (tertiary/aromatic N) is 2. The Balaban J connectivity index is 2.08. The van der Waals surface area contributed by atoms with Crippen molar-refractivity contribution in [1.29, 1.82) is 0 Å². The van der Waals surface area contributed by atoms with Gasteiger partial charge in [0, 0.05) is 24.8 Å². The van der Waals surface area contributed by atoms with Crippen molar-refractivity contribution in [2.75, 3.05) is 45.2 Å². The zero-order valence-corrected chi connectivity index (χ0v) is 12.0. The van der Waals surface area contributed by atoms with E-state index in [1.807, 2.05) is 12.1 Å². The highest BCUT2D eigenvalue weighted by molar-refractivity contribution is 5.49. The number of methoxy groups -OCH3 is 1. The molecule has 0 amide bonds. The molecule has 0 aromatic heterocycles. The van der Waals surface area contributed by atoms with E-state index in [4.69, 9.17) is 10.5 Å². The normalized spacial score (nSPS) is 21.2. The molecule has 0 saturated carbocycles. The summed E-state index contributed by atoms with van der Waals surface area (Å²) in [5, 5.41) is 0. The lowest BCUT2D eigenvalue weighted by Gasteiger charge is -2.30. The first-order valence-electron chi connectivity index (χ1n) is 7.04. The molecule has 0 aliphatic carbocycles. The van der Waals surface area contributed by atoms with Crippen molar-refractivity contribution in [2.24, 2.45) is 5.73 Å². The molecule has 106 valence electrons. The van der Waals surface area contributed by atoms with E-state index in [-0.39, 0.29) is 0 Å². The predicted molar refractivity (Wildman–Crippen MR) is 79.9 cm³/mol. The maximum atomic E-state index is 5.73. The van der Waals surface area contributed by atoms with Gasteiger partial charge in [0.2, 0.25) is 0 Å². The van der Waals surface area contributed by atoms with Crippen molar-refractivity contribution in [3.05, 3.63) is 24.3 Å². The first-order valence-corrected chi connectivity index (χ1v) is 7.04. The highest BCUT2D eigenvalue weighted by Gasteiger charge is 2.21. The monoisotopic (exact) mass is 263 g/mol. The number of anilines is 1. The highest BCUT2D eigenvalue weighted by Crippen LogP contribution is 2.22. The lowest BCUT2D eigenvalue weighted by atomic mass is 10.1. The number of ether oxygens (including phenoxy) is 1. The van der Waals surface area contributed by atoms with Crippen molar-refractivity contribution in [3.63, 3.8) is 0 Å². The van der Waals surface area contributed by atoms with Gasteiger partial charge in [-0.2, -0.15) is 0 Å². The number of nitrogens with two attached hydrogens (primary N) is 1. The average Bonchev–Trinajstić information content (AvgIpc) is 2.62. The third kappa shape index (κ3) is 3.61. The Kier molecular flexibility index (Phi) is 5.05. The van der Waals surface area contributed by atoms with Crippen LogP contribution in [0.2, 0.25) is 0 Å². The van der Waals surface area contributed by atoms with Gasteiger partial charge in [0.25, 0.3) is 0 Å². The Bertz CT molecular complexity index is 379. The van der Waals surface area contributed by atoms with E-state index in [9.17, 15) is 0 Å². The molecule has 0 radical (unpaired) electrons. The zero-order valence-electron chi connectivity index (χ0n) is 12.0. The van der Waals surface area contributed by atoms with Gasteiger partial charge < -0.3 is 20.3 Å². The van der Waals surface area contributed by atoms with E-state index in [1.165, 1.54) is 12.1 Å². The fourth-order valence-electron chi connectivity index (χ4n) is 2.71. The van der Waals surface area contributed by atoms with Gasteiger partial charge in [-0.25, -0.2) is 0 Å². The lowest BCUT2D eigenvalue weighted by Crippen LogP contribution is -2.40. The van der Waals surface area contributed by atoms with Crippen LogP contribution in [0.4, 0.5) is 5.69 Å². The van der Waals surface area contributed by atoms with E-state index >= 15 is 0 Å². The summed E-state index contributed by atoms with van der Waals surface area (Å²) < 4.78 is 5.21. The predicted octanol–water partition coefficient (Wildman–Crippen LogP) is 1.55. The Labute approximate surface area is 116 Å². The van der Waals surface area contributed by atoms with Gasteiger partial charge in [-0.1, -0.05) is 0 Å². The number of rotatable bonds is 4. The first kappa shape index (κ1) is 14.2. The minimum Gasteiger partial charge on any atom is -0.497 e. The van der Waals surface area contributed by atoms with Crippen LogP contribution in [0.5, 0.6) is 5.75 Å². The highest BCUT2D eigenvalue weighted by atomic mass is 16.5. The molecule has 2 rings (SSSR count). The summed E-state index contributed by atoms with van der Waals surface area (Å²) in [6, 6.07) is 8.89. The van der Waals surface area contributed by atoms with E-state index in [1.54, 1.807) is 7.11 Å². The fourth-order valence-corrected chi connectivity index (χ4v) is 2.71. The molecule has 1 aromatic rings. The second-order valence-electron chi connectivity index (χ2n) is 5.21. The summed E-state index contributed by atoms with van der Waals surface area (Å²) >= 11 is 0.